The first-order chi connectivity index (χ1) is 17.4. The van der Waals surface area contributed by atoms with Crippen molar-refractivity contribution in [3.05, 3.63) is 71.9 Å². The smallest absolute Gasteiger partial charge is 0.295 e. The molecule has 0 bridgehead atoms. The van der Waals surface area contributed by atoms with Gasteiger partial charge in [0, 0.05) is 31.7 Å². The van der Waals surface area contributed by atoms with Gasteiger partial charge in [0.15, 0.2) is 0 Å². The molecule has 0 saturated heterocycles. The summed E-state index contributed by atoms with van der Waals surface area (Å²) in [6, 6.07) is 18.5. The molecule has 0 unspecified atom stereocenters. The minimum Gasteiger partial charge on any atom is -0.356 e. The summed E-state index contributed by atoms with van der Waals surface area (Å²) in [6.45, 7) is 4.05. The Balaban J connectivity index is 1.34. The number of hydrogen-bond donors (Lipinski definition) is 4. The molecule has 0 saturated carbocycles. The van der Waals surface area contributed by atoms with E-state index in [1.165, 1.54) is 10.5 Å². The number of ketones is 1. The number of amides is 1. The number of sulfonamides is 1. The number of rotatable bonds is 11. The van der Waals surface area contributed by atoms with E-state index in [1.807, 2.05) is 24.3 Å². The number of carbonyl (C=O) groups excluding carboxylic acids is 2. The van der Waals surface area contributed by atoms with Crippen molar-refractivity contribution in [2.24, 2.45) is 0 Å². The number of hydrogen-bond acceptors (Lipinski definition) is 6. The molecule has 1 aliphatic heterocycles. The Kier molecular flexibility index (Phi) is 8.32. The van der Waals surface area contributed by atoms with Gasteiger partial charge >= 0.3 is 0 Å². The van der Waals surface area contributed by atoms with Gasteiger partial charge in [-0.05, 0) is 42.3 Å². The highest BCUT2D eigenvalue weighted by Gasteiger charge is 2.28. The number of aromatic amines is 1. The molecule has 0 spiro atoms. The van der Waals surface area contributed by atoms with Crippen LogP contribution in [0.25, 0.3) is 11.3 Å². The van der Waals surface area contributed by atoms with Crippen molar-refractivity contribution >= 4 is 27.4 Å². The van der Waals surface area contributed by atoms with Crippen molar-refractivity contribution in [2.45, 2.75) is 31.2 Å². The lowest BCUT2D eigenvalue weighted by molar-refractivity contribution is -0.136. The van der Waals surface area contributed by atoms with Crippen LogP contribution in [0.1, 0.15) is 24.6 Å². The third kappa shape index (κ3) is 6.08. The molecule has 2 heterocycles. The predicted molar refractivity (Wildman–Crippen MR) is 139 cm³/mol. The van der Waals surface area contributed by atoms with Crippen LogP contribution in [0.2, 0.25) is 0 Å². The van der Waals surface area contributed by atoms with Gasteiger partial charge in [-0.2, -0.15) is 0 Å². The van der Waals surface area contributed by atoms with Crippen molar-refractivity contribution in [3.8, 4) is 11.3 Å². The Morgan fingerprint density at radius 2 is 1.75 bits per heavy atom. The summed E-state index contributed by atoms with van der Waals surface area (Å²) in [6.07, 6.45) is 1.03. The summed E-state index contributed by atoms with van der Waals surface area (Å²) in [5.74, 6) is -0.987. The van der Waals surface area contributed by atoms with Gasteiger partial charge in [0.2, 0.25) is 15.8 Å². The molecule has 1 aromatic heterocycles. The van der Waals surface area contributed by atoms with E-state index < -0.39 is 21.7 Å². The Morgan fingerprint density at radius 1 is 1.00 bits per heavy atom. The maximum Gasteiger partial charge on any atom is 0.295 e. The first kappa shape index (κ1) is 25.8. The molecule has 1 aliphatic rings. The van der Waals surface area contributed by atoms with Crippen LogP contribution in [-0.2, 0) is 32.6 Å². The summed E-state index contributed by atoms with van der Waals surface area (Å²) < 4.78 is 28.0. The first-order valence-corrected chi connectivity index (χ1v) is 13.5. The Hall–Kier alpha value is -3.31. The third-order valence-corrected chi connectivity index (χ3v) is 7.52. The fourth-order valence-corrected chi connectivity index (χ4v) is 5.08. The molecule has 0 atom stereocenters. The Bertz CT molecular complexity index is 1300. The molecule has 4 N–H and O–H groups in total. The Labute approximate surface area is 211 Å². The summed E-state index contributed by atoms with van der Waals surface area (Å²) in [7, 11) is -3.63. The number of carbonyl (C=O) groups is 2. The zero-order chi connectivity index (χ0) is 25.5. The minimum atomic E-state index is -3.63. The quantitative estimate of drug-likeness (QED) is 0.232. The van der Waals surface area contributed by atoms with Gasteiger partial charge in [-0.1, -0.05) is 49.4 Å². The summed E-state index contributed by atoms with van der Waals surface area (Å²) in [5.41, 5.74) is 4.21. The van der Waals surface area contributed by atoms with E-state index in [9.17, 15) is 18.0 Å². The number of benzene rings is 2. The van der Waals surface area contributed by atoms with Crippen molar-refractivity contribution < 1.29 is 18.0 Å². The van der Waals surface area contributed by atoms with Gasteiger partial charge < -0.3 is 10.3 Å². The number of nitrogens with zero attached hydrogens (tertiary/aromatic N) is 1. The molecule has 3 aromatic rings. The summed E-state index contributed by atoms with van der Waals surface area (Å²) in [5, 5.41) is 6.36. The highest BCUT2D eigenvalue weighted by Crippen LogP contribution is 2.31. The van der Waals surface area contributed by atoms with Crippen LogP contribution < -0.4 is 20.3 Å². The third-order valence-electron chi connectivity index (χ3n) is 6.05. The van der Waals surface area contributed by atoms with Crippen molar-refractivity contribution in [1.82, 2.24) is 20.3 Å². The van der Waals surface area contributed by atoms with Gasteiger partial charge in [0.1, 0.15) is 0 Å². The molecule has 0 fully saturated rings. The molecule has 9 nitrogen and oxygen atoms in total. The maximum absolute atomic E-state index is 12.7. The standard InChI is InChI=1S/C26H31N5O4S/c1-2-25(32)26(33)31-18-28-17-23-24(31)16-22(30-23)20-8-10-21(11-9-20)36(34,35)29-15-14-27-13-12-19-6-4-3-5-7-19/h3-11,16,27-30H,2,12-15,17-18H2,1H3. The molecule has 0 radical (unpaired) electrons. The molecule has 0 aliphatic carbocycles. The normalized spacial score (nSPS) is 13.4. The second kappa shape index (κ2) is 11.6. The van der Waals surface area contributed by atoms with Crippen molar-refractivity contribution in [2.75, 3.05) is 31.2 Å². The van der Waals surface area contributed by atoms with E-state index in [1.54, 1.807) is 31.2 Å². The fraction of sp³-hybridized carbons (Fsp3) is 0.308. The monoisotopic (exact) mass is 509 g/mol. The van der Waals surface area contributed by atoms with Gasteiger partial charge in [-0.25, -0.2) is 13.1 Å². The molecule has 1 amide bonds. The molecule has 10 heteroatoms. The van der Waals surface area contributed by atoms with Crippen LogP contribution in [0.3, 0.4) is 0 Å². The average molecular weight is 510 g/mol. The number of anilines is 1. The summed E-state index contributed by atoms with van der Waals surface area (Å²) >= 11 is 0. The van der Waals surface area contributed by atoms with Crippen LogP contribution in [-0.4, -0.2) is 51.4 Å². The molecule has 36 heavy (non-hydrogen) atoms. The van der Waals surface area contributed by atoms with Crippen molar-refractivity contribution in [1.29, 1.82) is 0 Å². The SMILES string of the molecule is CCC(=O)C(=O)N1CNCc2[nH]c(-c3ccc(S(=O)(=O)NCCNCCc4ccccc4)cc3)cc21. The molecular formula is C26H31N5O4S. The second-order valence-electron chi connectivity index (χ2n) is 8.55. The predicted octanol–water partition coefficient (Wildman–Crippen LogP) is 2.17. The van der Waals surface area contributed by atoms with Crippen LogP contribution in [0.15, 0.2) is 65.6 Å². The number of aromatic nitrogens is 1. The fourth-order valence-electron chi connectivity index (χ4n) is 4.05. The molecule has 4 rings (SSSR count). The van der Waals surface area contributed by atoms with Crippen LogP contribution in [0, 0.1) is 0 Å². The van der Waals surface area contributed by atoms with Gasteiger partial charge in [0.05, 0.1) is 22.9 Å². The first-order valence-electron chi connectivity index (χ1n) is 12.0. The summed E-state index contributed by atoms with van der Waals surface area (Å²) in [4.78, 5) is 29.3. The maximum atomic E-state index is 12.7. The topological polar surface area (TPSA) is 123 Å². The van der Waals surface area contributed by atoms with Gasteiger partial charge in [-0.3, -0.25) is 19.8 Å². The number of Topliss-reactive ketones (excluding diaryl/α,β-unsaturated/α-hetero) is 1. The zero-order valence-corrected chi connectivity index (χ0v) is 21.0. The second-order valence-corrected chi connectivity index (χ2v) is 10.3. The number of H-pyrrole nitrogens is 1. The highest BCUT2D eigenvalue weighted by atomic mass is 32.2. The van der Waals surface area contributed by atoms with E-state index in [-0.39, 0.29) is 24.5 Å². The van der Waals surface area contributed by atoms with E-state index in [0.717, 1.165) is 29.9 Å². The largest absolute Gasteiger partial charge is 0.356 e. The number of fused-ring (bicyclic) bond motifs is 1. The Morgan fingerprint density at radius 3 is 2.47 bits per heavy atom. The van der Waals surface area contributed by atoms with E-state index in [0.29, 0.717) is 18.8 Å². The van der Waals surface area contributed by atoms with E-state index in [4.69, 9.17) is 0 Å². The van der Waals surface area contributed by atoms with Crippen LogP contribution >= 0.6 is 0 Å². The average Bonchev–Trinajstić information content (AvgIpc) is 3.35. The highest BCUT2D eigenvalue weighted by molar-refractivity contribution is 7.89. The van der Waals surface area contributed by atoms with Crippen LogP contribution in [0.5, 0.6) is 0 Å². The van der Waals surface area contributed by atoms with Crippen molar-refractivity contribution in [3.63, 3.8) is 0 Å². The molecular weight excluding hydrogens is 478 g/mol. The van der Waals surface area contributed by atoms with E-state index in [2.05, 4.69) is 32.5 Å². The molecule has 190 valence electrons. The van der Waals surface area contributed by atoms with Gasteiger partial charge in [-0.15, -0.1) is 0 Å². The van der Waals surface area contributed by atoms with Crippen LogP contribution in [0.4, 0.5) is 5.69 Å². The number of nitrogens with one attached hydrogen (secondary N) is 4. The lowest BCUT2D eigenvalue weighted by atomic mass is 10.1. The van der Waals surface area contributed by atoms with Gasteiger partial charge in [0.25, 0.3) is 5.91 Å². The lowest BCUT2D eigenvalue weighted by Crippen LogP contribution is -2.45. The zero-order valence-electron chi connectivity index (χ0n) is 20.2. The lowest BCUT2D eigenvalue weighted by Gasteiger charge is -2.26. The molecule has 2 aromatic carbocycles. The minimum absolute atomic E-state index is 0.148. The van der Waals surface area contributed by atoms with E-state index >= 15 is 0 Å².